The van der Waals surface area contributed by atoms with Crippen molar-refractivity contribution in [3.05, 3.63) is 59.4 Å². The van der Waals surface area contributed by atoms with E-state index in [1.165, 1.54) is 25.0 Å². The molecule has 0 spiro atoms. The second kappa shape index (κ2) is 7.43. The monoisotopic (exact) mass is 361 g/mol. The first-order valence-corrected chi connectivity index (χ1v) is 9.31. The van der Waals surface area contributed by atoms with Gasteiger partial charge in [-0.1, -0.05) is 32.0 Å². The molecule has 140 valence electrons. The number of hydrogen-bond acceptors (Lipinski definition) is 1. The Morgan fingerprint density at radius 2 is 1.73 bits per heavy atom. The predicted octanol–water partition coefficient (Wildman–Crippen LogP) is 5.73. The first-order chi connectivity index (χ1) is 12.4. The van der Waals surface area contributed by atoms with Gasteiger partial charge in [0.15, 0.2) is 0 Å². The van der Waals surface area contributed by atoms with Gasteiger partial charge in [0.25, 0.3) is 0 Å². The van der Waals surface area contributed by atoms with Crippen LogP contribution in [0.15, 0.2) is 36.4 Å². The molecule has 2 aromatic rings. The molecule has 0 aliphatic heterocycles. The van der Waals surface area contributed by atoms with Crippen LogP contribution < -0.4 is 5.32 Å². The van der Waals surface area contributed by atoms with Crippen LogP contribution in [0.25, 0.3) is 11.1 Å². The lowest BCUT2D eigenvalue weighted by molar-refractivity contribution is 0.253. The van der Waals surface area contributed by atoms with Crippen LogP contribution >= 0.6 is 0 Å². The van der Waals surface area contributed by atoms with Crippen LogP contribution in [0.2, 0.25) is 0 Å². The zero-order valence-electron chi connectivity index (χ0n) is 15.6. The average molecular weight is 361 g/mol. The summed E-state index contributed by atoms with van der Waals surface area (Å²) in [6, 6.07) is 8.56. The minimum absolute atomic E-state index is 0.229. The van der Waals surface area contributed by atoms with Gasteiger partial charge in [-0.05, 0) is 67.3 Å². The number of hydrogen-bond donors (Lipinski definition) is 1. The normalized spacial score (nSPS) is 17.8. The molecule has 0 saturated heterocycles. The summed E-state index contributed by atoms with van der Waals surface area (Å²) in [7, 11) is 1.97. The van der Waals surface area contributed by atoms with Crippen molar-refractivity contribution in [2.75, 3.05) is 7.05 Å². The topological polar surface area (TPSA) is 12.0 Å². The van der Waals surface area contributed by atoms with Crippen molar-refractivity contribution in [3.8, 4) is 11.1 Å². The Kier molecular flexibility index (Phi) is 5.42. The third-order valence-electron chi connectivity index (χ3n) is 5.93. The number of rotatable bonds is 7. The van der Waals surface area contributed by atoms with Crippen LogP contribution in [0.4, 0.5) is 13.2 Å². The van der Waals surface area contributed by atoms with E-state index in [-0.39, 0.29) is 22.9 Å². The van der Waals surface area contributed by atoms with Gasteiger partial charge in [0.1, 0.15) is 17.5 Å². The van der Waals surface area contributed by atoms with Crippen molar-refractivity contribution in [2.24, 2.45) is 11.3 Å². The van der Waals surface area contributed by atoms with Crippen LogP contribution in [-0.4, -0.2) is 13.1 Å². The fraction of sp³-hybridized carbons (Fsp3) is 0.455. The molecule has 3 rings (SSSR count). The molecule has 1 saturated carbocycles. The quantitative estimate of drug-likeness (QED) is 0.664. The Hall–Kier alpha value is -1.81. The minimum atomic E-state index is -0.702. The summed E-state index contributed by atoms with van der Waals surface area (Å²) in [4.78, 5) is 0. The highest BCUT2D eigenvalue weighted by Crippen LogP contribution is 2.53. The van der Waals surface area contributed by atoms with Gasteiger partial charge in [-0.3, -0.25) is 0 Å². The zero-order chi connectivity index (χ0) is 18.9. The molecule has 1 N–H and O–H groups in total. The molecule has 1 aliphatic rings. The maximum Gasteiger partial charge on any atom is 0.134 e. The maximum absolute atomic E-state index is 15.1. The van der Waals surface area contributed by atoms with Crippen molar-refractivity contribution in [3.63, 3.8) is 0 Å². The van der Waals surface area contributed by atoms with E-state index < -0.39 is 11.6 Å². The van der Waals surface area contributed by atoms with Crippen molar-refractivity contribution >= 4 is 0 Å². The summed E-state index contributed by atoms with van der Waals surface area (Å²) in [6.45, 7) is 4.36. The third kappa shape index (κ3) is 3.66. The molecule has 0 aromatic heterocycles. The molecule has 0 heterocycles. The second-order valence-electron chi connectivity index (χ2n) is 7.60. The molecule has 1 unspecified atom stereocenters. The van der Waals surface area contributed by atoms with Crippen LogP contribution in [0, 0.1) is 28.8 Å². The van der Waals surface area contributed by atoms with Crippen molar-refractivity contribution in [1.29, 1.82) is 0 Å². The number of benzene rings is 2. The van der Waals surface area contributed by atoms with E-state index in [2.05, 4.69) is 19.2 Å². The van der Waals surface area contributed by atoms with Gasteiger partial charge in [0, 0.05) is 17.7 Å². The van der Waals surface area contributed by atoms with E-state index in [1.807, 2.05) is 7.05 Å². The van der Waals surface area contributed by atoms with Gasteiger partial charge in [-0.2, -0.15) is 0 Å². The van der Waals surface area contributed by atoms with E-state index in [0.29, 0.717) is 23.4 Å². The van der Waals surface area contributed by atoms with Gasteiger partial charge in [0.05, 0.1) is 0 Å². The lowest BCUT2D eigenvalue weighted by Crippen LogP contribution is -2.41. The third-order valence-corrected chi connectivity index (χ3v) is 5.93. The highest BCUT2D eigenvalue weighted by molar-refractivity contribution is 5.65. The lowest BCUT2D eigenvalue weighted by atomic mass is 9.81. The molecular weight excluding hydrogens is 335 g/mol. The van der Waals surface area contributed by atoms with Crippen LogP contribution in [0.1, 0.15) is 38.7 Å². The maximum atomic E-state index is 15.1. The molecule has 1 aliphatic carbocycles. The molecular formula is C22H26F3N. The van der Waals surface area contributed by atoms with Gasteiger partial charge in [0.2, 0.25) is 0 Å². The Morgan fingerprint density at radius 3 is 2.27 bits per heavy atom. The van der Waals surface area contributed by atoms with Gasteiger partial charge < -0.3 is 5.32 Å². The summed E-state index contributed by atoms with van der Waals surface area (Å²) in [5.41, 5.74) is 1.39. The molecule has 26 heavy (non-hydrogen) atoms. The van der Waals surface area contributed by atoms with Crippen LogP contribution in [-0.2, 0) is 6.42 Å². The molecule has 2 atom stereocenters. The van der Waals surface area contributed by atoms with Gasteiger partial charge in [-0.25, -0.2) is 13.2 Å². The molecule has 4 heteroatoms. The van der Waals surface area contributed by atoms with Crippen molar-refractivity contribution in [1.82, 2.24) is 5.32 Å². The van der Waals surface area contributed by atoms with E-state index in [1.54, 1.807) is 18.2 Å². The summed E-state index contributed by atoms with van der Waals surface area (Å²) in [6.07, 6.45) is 4.13. The highest BCUT2D eigenvalue weighted by Gasteiger charge is 2.48. The molecule has 1 nitrogen and oxygen atoms in total. The van der Waals surface area contributed by atoms with Crippen molar-refractivity contribution in [2.45, 2.75) is 45.6 Å². The average Bonchev–Trinajstić information content (AvgIpc) is 3.37. The van der Waals surface area contributed by atoms with Crippen LogP contribution in [0.5, 0.6) is 0 Å². The minimum Gasteiger partial charge on any atom is -0.316 e. The Bertz CT molecular complexity index is 763. The summed E-state index contributed by atoms with van der Waals surface area (Å²) in [5.74, 6) is -1.53. The molecule has 0 bridgehead atoms. The second-order valence-corrected chi connectivity index (χ2v) is 7.60. The lowest BCUT2D eigenvalue weighted by Gasteiger charge is -2.31. The number of halogens is 3. The molecule has 2 aromatic carbocycles. The van der Waals surface area contributed by atoms with Crippen molar-refractivity contribution < 1.29 is 13.2 Å². The number of nitrogens with one attached hydrogen (secondary N) is 1. The standard InChI is InChI=1S/C22H26F3N/c1-4-22(8-9-22)21(26-3)14(2)10-15-6-5-7-19(20(15)25)16-11-17(23)13-18(24)12-16/h5-7,11-14,21,26H,4,8-10H2,1-3H3/t14-,21?/m0/s1. The van der Waals surface area contributed by atoms with Crippen LogP contribution in [0.3, 0.4) is 0 Å². The van der Waals surface area contributed by atoms with E-state index >= 15 is 4.39 Å². The predicted molar refractivity (Wildman–Crippen MR) is 99.4 cm³/mol. The fourth-order valence-electron chi connectivity index (χ4n) is 4.37. The van der Waals surface area contributed by atoms with E-state index in [0.717, 1.165) is 12.5 Å². The fourth-order valence-corrected chi connectivity index (χ4v) is 4.37. The first kappa shape index (κ1) is 19.0. The zero-order valence-corrected chi connectivity index (χ0v) is 15.6. The molecule has 0 amide bonds. The molecule has 1 fully saturated rings. The first-order valence-electron chi connectivity index (χ1n) is 9.31. The Morgan fingerprint density at radius 1 is 1.08 bits per heavy atom. The largest absolute Gasteiger partial charge is 0.316 e. The summed E-state index contributed by atoms with van der Waals surface area (Å²) < 4.78 is 42.1. The Labute approximate surface area is 153 Å². The smallest absolute Gasteiger partial charge is 0.134 e. The highest BCUT2D eigenvalue weighted by atomic mass is 19.1. The summed E-state index contributed by atoms with van der Waals surface area (Å²) >= 11 is 0. The van der Waals surface area contributed by atoms with E-state index in [4.69, 9.17) is 0 Å². The van der Waals surface area contributed by atoms with Gasteiger partial charge >= 0.3 is 0 Å². The van der Waals surface area contributed by atoms with E-state index in [9.17, 15) is 8.78 Å². The molecule has 0 radical (unpaired) electrons. The summed E-state index contributed by atoms with van der Waals surface area (Å²) in [5, 5.41) is 3.43. The Balaban J connectivity index is 1.87. The SMILES string of the molecule is CCC1(C(NC)[C@@H](C)Cc2cccc(-c3cc(F)cc(F)c3)c2F)CC1. The van der Waals surface area contributed by atoms with Gasteiger partial charge in [-0.15, -0.1) is 0 Å².